The van der Waals surface area contributed by atoms with E-state index >= 15 is 0 Å². The molecule has 1 rings (SSSR count). The Morgan fingerprint density at radius 1 is 1.41 bits per heavy atom. The molecule has 0 unspecified atom stereocenters. The molecule has 8 heteroatoms. The maximum atomic E-state index is 11.8. The molecule has 1 saturated heterocycles. The number of carboxylic acids is 1. The van der Waals surface area contributed by atoms with Gasteiger partial charge in [0.15, 0.2) is 0 Å². The van der Waals surface area contributed by atoms with E-state index in [0.717, 1.165) is 4.90 Å². The van der Waals surface area contributed by atoms with Gasteiger partial charge in [0.05, 0.1) is 6.42 Å². The Morgan fingerprint density at radius 2 is 2.06 bits per heavy atom. The third-order valence-corrected chi connectivity index (χ3v) is 2.48. The third kappa shape index (κ3) is 4.12. The number of hydrogen-bond donors (Lipinski definition) is 2. The molecule has 1 aliphatic heterocycles. The summed E-state index contributed by atoms with van der Waals surface area (Å²) < 4.78 is 35.5. The topological polar surface area (TPSA) is 69.6 Å². The lowest BCUT2D eigenvalue weighted by atomic mass is 10.2. The second-order valence-electron chi connectivity index (χ2n) is 3.79. The number of urea groups is 1. The standard InChI is InChI=1S/C9H13F3N2O3/c10-9(11,12)3-4-13-8(17)14-5-1-2-6(14)7(15)16/h6H,1-5H2,(H,13,17)(H,15,16)/t6-/m1/s1. The van der Waals surface area contributed by atoms with Crippen LogP contribution in [0.2, 0.25) is 0 Å². The number of nitrogens with zero attached hydrogens (tertiary/aromatic N) is 1. The molecule has 5 nitrogen and oxygen atoms in total. The van der Waals surface area contributed by atoms with E-state index in [-0.39, 0.29) is 6.54 Å². The highest BCUT2D eigenvalue weighted by atomic mass is 19.4. The van der Waals surface area contributed by atoms with Crippen molar-refractivity contribution in [1.29, 1.82) is 0 Å². The number of hydrogen-bond acceptors (Lipinski definition) is 2. The molecule has 2 N–H and O–H groups in total. The summed E-state index contributed by atoms with van der Waals surface area (Å²) in [5, 5.41) is 10.9. The zero-order valence-electron chi connectivity index (χ0n) is 8.96. The molecule has 0 saturated carbocycles. The largest absolute Gasteiger partial charge is 0.480 e. The lowest BCUT2D eigenvalue weighted by Crippen LogP contribution is -2.46. The molecule has 2 amide bonds. The van der Waals surface area contributed by atoms with E-state index < -0.39 is 37.2 Å². The molecule has 1 heterocycles. The number of carboxylic acid groups (broad SMARTS) is 1. The zero-order chi connectivity index (χ0) is 13.1. The van der Waals surface area contributed by atoms with Gasteiger partial charge in [0.1, 0.15) is 6.04 Å². The van der Waals surface area contributed by atoms with E-state index in [1.54, 1.807) is 0 Å². The number of halogens is 3. The first-order valence-electron chi connectivity index (χ1n) is 5.15. The smallest absolute Gasteiger partial charge is 0.390 e. The van der Waals surface area contributed by atoms with Crippen molar-refractivity contribution in [2.75, 3.05) is 13.1 Å². The van der Waals surface area contributed by atoms with Gasteiger partial charge >= 0.3 is 18.2 Å². The van der Waals surface area contributed by atoms with E-state index in [0.29, 0.717) is 12.8 Å². The molecular formula is C9H13F3N2O3. The summed E-state index contributed by atoms with van der Waals surface area (Å²) in [6.07, 6.45) is -4.57. The number of nitrogens with one attached hydrogen (secondary N) is 1. The molecular weight excluding hydrogens is 241 g/mol. The van der Waals surface area contributed by atoms with Gasteiger partial charge < -0.3 is 15.3 Å². The Hall–Kier alpha value is -1.47. The summed E-state index contributed by atoms with van der Waals surface area (Å²) in [6.45, 7) is -0.278. The van der Waals surface area contributed by atoms with Crippen LogP contribution in [0.5, 0.6) is 0 Å². The Morgan fingerprint density at radius 3 is 2.59 bits per heavy atom. The van der Waals surface area contributed by atoms with Gasteiger partial charge in [-0.25, -0.2) is 9.59 Å². The highest BCUT2D eigenvalue weighted by Gasteiger charge is 2.34. The van der Waals surface area contributed by atoms with Crippen LogP contribution in [-0.2, 0) is 4.79 Å². The van der Waals surface area contributed by atoms with Gasteiger partial charge in [0.25, 0.3) is 0 Å². The van der Waals surface area contributed by atoms with E-state index in [1.165, 1.54) is 0 Å². The van der Waals surface area contributed by atoms with Gasteiger partial charge in [-0.2, -0.15) is 13.2 Å². The van der Waals surface area contributed by atoms with Crippen LogP contribution in [0, 0.1) is 0 Å². The first-order chi connectivity index (χ1) is 7.81. The van der Waals surface area contributed by atoms with Crippen LogP contribution >= 0.6 is 0 Å². The number of carbonyl (C=O) groups excluding carboxylic acids is 1. The van der Waals surface area contributed by atoms with Crippen LogP contribution < -0.4 is 5.32 Å². The van der Waals surface area contributed by atoms with E-state index in [4.69, 9.17) is 5.11 Å². The molecule has 0 radical (unpaired) electrons. The lowest BCUT2D eigenvalue weighted by Gasteiger charge is -2.21. The summed E-state index contributed by atoms with van der Waals surface area (Å²) in [5.41, 5.74) is 0. The van der Waals surface area contributed by atoms with Crippen LogP contribution in [0.4, 0.5) is 18.0 Å². The number of likely N-dealkylation sites (tertiary alicyclic amines) is 1. The van der Waals surface area contributed by atoms with Crippen molar-refractivity contribution in [3.63, 3.8) is 0 Å². The molecule has 0 aromatic heterocycles. The van der Waals surface area contributed by atoms with Crippen molar-refractivity contribution in [3.8, 4) is 0 Å². The van der Waals surface area contributed by atoms with Crippen LogP contribution in [0.25, 0.3) is 0 Å². The second-order valence-corrected chi connectivity index (χ2v) is 3.79. The summed E-state index contributed by atoms with van der Waals surface area (Å²) in [4.78, 5) is 23.2. The molecule has 98 valence electrons. The predicted molar refractivity (Wildman–Crippen MR) is 51.4 cm³/mol. The molecule has 0 aromatic carbocycles. The van der Waals surface area contributed by atoms with E-state index in [1.807, 2.05) is 0 Å². The van der Waals surface area contributed by atoms with Crippen LogP contribution in [0.1, 0.15) is 19.3 Å². The van der Waals surface area contributed by atoms with Crippen LogP contribution in [0.3, 0.4) is 0 Å². The molecule has 0 bridgehead atoms. The van der Waals surface area contributed by atoms with Crippen molar-refractivity contribution in [3.05, 3.63) is 0 Å². The van der Waals surface area contributed by atoms with Crippen molar-refractivity contribution < 1.29 is 27.9 Å². The summed E-state index contributed by atoms with van der Waals surface area (Å²) in [6, 6.07) is -1.68. The lowest BCUT2D eigenvalue weighted by molar-refractivity contribution is -0.141. The molecule has 0 aliphatic carbocycles. The number of amides is 2. The maximum absolute atomic E-state index is 11.8. The highest BCUT2D eigenvalue weighted by molar-refractivity contribution is 5.83. The minimum atomic E-state index is -4.33. The van der Waals surface area contributed by atoms with Crippen LogP contribution in [0.15, 0.2) is 0 Å². The highest BCUT2D eigenvalue weighted by Crippen LogP contribution is 2.19. The monoisotopic (exact) mass is 254 g/mol. The Bertz CT molecular complexity index is 306. The summed E-state index contributed by atoms with van der Waals surface area (Å²) >= 11 is 0. The predicted octanol–water partition coefficient (Wildman–Crippen LogP) is 1.20. The SMILES string of the molecule is O=C(O)[C@H]1CCCN1C(=O)NCCC(F)(F)F. The fraction of sp³-hybridized carbons (Fsp3) is 0.778. The van der Waals surface area contributed by atoms with Gasteiger partial charge in [-0.1, -0.05) is 0 Å². The van der Waals surface area contributed by atoms with Gasteiger partial charge in [-0.15, -0.1) is 0 Å². The van der Waals surface area contributed by atoms with Crippen molar-refractivity contribution in [2.24, 2.45) is 0 Å². The molecule has 17 heavy (non-hydrogen) atoms. The molecule has 1 aliphatic rings. The minimum Gasteiger partial charge on any atom is -0.480 e. The first-order valence-corrected chi connectivity index (χ1v) is 5.15. The molecule has 0 aromatic rings. The molecule has 0 spiro atoms. The maximum Gasteiger partial charge on any atom is 0.390 e. The van der Waals surface area contributed by atoms with E-state index in [9.17, 15) is 22.8 Å². The van der Waals surface area contributed by atoms with Gasteiger partial charge in [-0.05, 0) is 12.8 Å². The average Bonchev–Trinajstić information content (AvgIpc) is 2.63. The Balaban J connectivity index is 2.40. The third-order valence-electron chi connectivity index (χ3n) is 2.48. The quantitative estimate of drug-likeness (QED) is 0.795. The van der Waals surface area contributed by atoms with Crippen LogP contribution in [-0.4, -0.2) is 47.3 Å². The summed E-state index contributed by atoms with van der Waals surface area (Å²) in [5.74, 6) is -1.13. The Kier molecular flexibility index (Phi) is 4.19. The fourth-order valence-electron chi connectivity index (χ4n) is 1.68. The minimum absolute atomic E-state index is 0.259. The number of alkyl halides is 3. The first kappa shape index (κ1) is 13.6. The van der Waals surface area contributed by atoms with Gasteiger partial charge in [0, 0.05) is 13.1 Å². The second kappa shape index (κ2) is 5.24. The Labute approximate surface area is 95.6 Å². The number of rotatable bonds is 3. The van der Waals surface area contributed by atoms with Gasteiger partial charge in [-0.3, -0.25) is 0 Å². The molecule has 1 atom stereocenters. The van der Waals surface area contributed by atoms with Gasteiger partial charge in [0.2, 0.25) is 0 Å². The van der Waals surface area contributed by atoms with Crippen molar-refractivity contribution in [2.45, 2.75) is 31.5 Å². The van der Waals surface area contributed by atoms with Crippen molar-refractivity contribution in [1.82, 2.24) is 10.2 Å². The van der Waals surface area contributed by atoms with Crippen molar-refractivity contribution >= 4 is 12.0 Å². The number of aliphatic carboxylic acids is 1. The van der Waals surface area contributed by atoms with E-state index in [2.05, 4.69) is 5.32 Å². The summed E-state index contributed by atoms with van der Waals surface area (Å²) in [7, 11) is 0. The molecule has 1 fully saturated rings. The normalized spacial score (nSPS) is 20.4. The fourth-order valence-corrected chi connectivity index (χ4v) is 1.68. The average molecular weight is 254 g/mol. The zero-order valence-corrected chi connectivity index (χ0v) is 8.96. The number of carbonyl (C=O) groups is 2.